The Balaban J connectivity index is 1.75. The van der Waals surface area contributed by atoms with Crippen LogP contribution in [0.25, 0.3) is 17.2 Å². The van der Waals surface area contributed by atoms with Crippen molar-refractivity contribution >= 4 is 17.4 Å². The highest BCUT2D eigenvalue weighted by Crippen LogP contribution is 2.23. The maximum atomic E-state index is 3.24. The number of hydrogen-bond acceptors (Lipinski definition) is 3. The van der Waals surface area contributed by atoms with Crippen molar-refractivity contribution in [3.8, 4) is 23.0 Å². The summed E-state index contributed by atoms with van der Waals surface area (Å²) in [6.45, 7) is 13.7. The lowest BCUT2D eigenvalue weighted by molar-refractivity contribution is 0.260. The minimum atomic E-state index is 0.0657. The summed E-state index contributed by atoms with van der Waals surface area (Å²) in [6, 6.07) is 10.9. The Bertz CT molecular complexity index is 860. The fourth-order valence-electron chi connectivity index (χ4n) is 2.92. The number of benzene rings is 1. The molecule has 0 aliphatic rings. The standard InChI is InChI=1S/C27H36N2S/c1-6-29(18-9-7-8-16-27(2,3)4)20-19-28(5)17-11-13-24-12-10-14-25(22-24)26-15-21-30-23-26/h7,9-15,21-23H,6,17-20H2,1-5H3. The SMILES string of the molecule is CCN(CC=CC#CC(C)(C)C)CCN(C)CC=Cc1cccc(-c2ccsc2)c1. The highest BCUT2D eigenvalue weighted by atomic mass is 32.1. The lowest BCUT2D eigenvalue weighted by atomic mass is 9.98. The topological polar surface area (TPSA) is 6.48 Å². The van der Waals surface area contributed by atoms with Crippen LogP contribution < -0.4 is 0 Å². The lowest BCUT2D eigenvalue weighted by Gasteiger charge is -2.22. The predicted molar refractivity (Wildman–Crippen MR) is 135 cm³/mol. The maximum Gasteiger partial charge on any atom is 0.0233 e. The third-order valence-electron chi connectivity index (χ3n) is 4.73. The molecule has 0 fully saturated rings. The van der Waals surface area contributed by atoms with Crippen LogP contribution in [0.2, 0.25) is 0 Å². The normalized spacial score (nSPS) is 12.2. The molecule has 0 saturated heterocycles. The van der Waals surface area contributed by atoms with Crippen LogP contribution in [-0.2, 0) is 0 Å². The first-order valence-corrected chi connectivity index (χ1v) is 11.7. The van der Waals surface area contributed by atoms with Gasteiger partial charge in [0.15, 0.2) is 0 Å². The number of rotatable bonds is 10. The van der Waals surface area contributed by atoms with Crippen LogP contribution in [-0.4, -0.2) is 49.6 Å². The Morgan fingerprint density at radius 3 is 2.57 bits per heavy atom. The number of allylic oxidation sites excluding steroid dienone is 1. The fourth-order valence-corrected chi connectivity index (χ4v) is 3.59. The minimum Gasteiger partial charge on any atom is -0.301 e. The van der Waals surface area contributed by atoms with Crippen molar-refractivity contribution in [2.45, 2.75) is 27.7 Å². The van der Waals surface area contributed by atoms with Gasteiger partial charge in [-0.25, -0.2) is 0 Å². The van der Waals surface area contributed by atoms with Crippen LogP contribution in [0.3, 0.4) is 0 Å². The molecule has 0 atom stereocenters. The van der Waals surface area contributed by atoms with Crippen molar-refractivity contribution in [2.75, 3.05) is 39.8 Å². The summed E-state index contributed by atoms with van der Waals surface area (Å²) in [5.74, 6) is 6.39. The molecule has 0 spiro atoms. The van der Waals surface area contributed by atoms with Crippen LogP contribution >= 0.6 is 11.3 Å². The van der Waals surface area contributed by atoms with E-state index >= 15 is 0 Å². The summed E-state index contributed by atoms with van der Waals surface area (Å²) < 4.78 is 0. The van der Waals surface area contributed by atoms with Crippen LogP contribution in [0.5, 0.6) is 0 Å². The second kappa shape index (κ2) is 12.5. The van der Waals surface area contributed by atoms with Gasteiger partial charge >= 0.3 is 0 Å². The van der Waals surface area contributed by atoms with E-state index in [0.29, 0.717) is 0 Å². The molecule has 1 aromatic heterocycles. The summed E-state index contributed by atoms with van der Waals surface area (Å²) in [4.78, 5) is 4.81. The predicted octanol–water partition coefficient (Wildman–Crippen LogP) is 6.29. The van der Waals surface area contributed by atoms with E-state index in [4.69, 9.17) is 0 Å². The Morgan fingerprint density at radius 1 is 1.03 bits per heavy atom. The Labute approximate surface area is 187 Å². The Morgan fingerprint density at radius 2 is 1.87 bits per heavy atom. The van der Waals surface area contributed by atoms with Gasteiger partial charge in [0, 0.05) is 31.6 Å². The second-order valence-electron chi connectivity index (χ2n) is 8.62. The first kappa shape index (κ1) is 24.2. The van der Waals surface area contributed by atoms with Gasteiger partial charge < -0.3 is 4.90 Å². The zero-order chi connectivity index (χ0) is 21.8. The van der Waals surface area contributed by atoms with Crippen molar-refractivity contribution in [2.24, 2.45) is 5.41 Å². The minimum absolute atomic E-state index is 0.0657. The van der Waals surface area contributed by atoms with Crippen molar-refractivity contribution in [3.63, 3.8) is 0 Å². The monoisotopic (exact) mass is 420 g/mol. The number of nitrogens with zero attached hydrogens (tertiary/aromatic N) is 2. The molecule has 0 amide bonds. The number of thiophene rings is 1. The quantitative estimate of drug-likeness (QED) is 0.417. The van der Waals surface area contributed by atoms with Gasteiger partial charge in [0.25, 0.3) is 0 Å². The second-order valence-corrected chi connectivity index (χ2v) is 9.40. The molecule has 0 bridgehead atoms. The smallest absolute Gasteiger partial charge is 0.0233 e. The third-order valence-corrected chi connectivity index (χ3v) is 5.41. The van der Waals surface area contributed by atoms with Crippen molar-refractivity contribution in [1.29, 1.82) is 0 Å². The zero-order valence-electron chi connectivity index (χ0n) is 19.2. The Kier molecular flexibility index (Phi) is 10.1. The van der Waals surface area contributed by atoms with Gasteiger partial charge in [-0.15, -0.1) is 0 Å². The summed E-state index contributed by atoms with van der Waals surface area (Å²) in [5, 5.41) is 4.32. The van der Waals surface area contributed by atoms with E-state index < -0.39 is 0 Å². The molecule has 2 rings (SSSR count). The van der Waals surface area contributed by atoms with Gasteiger partial charge in [0.1, 0.15) is 0 Å². The molecule has 30 heavy (non-hydrogen) atoms. The van der Waals surface area contributed by atoms with Crippen LogP contribution in [0.1, 0.15) is 33.3 Å². The third kappa shape index (κ3) is 9.59. The fraction of sp³-hybridized carbons (Fsp3) is 0.407. The van der Waals surface area contributed by atoms with Gasteiger partial charge in [-0.05, 0) is 80.0 Å². The molecule has 0 saturated carbocycles. The molecule has 1 heterocycles. The van der Waals surface area contributed by atoms with Gasteiger partial charge in [-0.1, -0.05) is 55.2 Å². The highest BCUT2D eigenvalue weighted by Gasteiger charge is 2.04. The zero-order valence-corrected chi connectivity index (χ0v) is 20.0. The number of likely N-dealkylation sites (N-methyl/N-ethyl adjacent to an activating group) is 2. The molecule has 0 aliphatic heterocycles. The van der Waals surface area contributed by atoms with Gasteiger partial charge in [-0.2, -0.15) is 11.3 Å². The van der Waals surface area contributed by atoms with Crippen LogP contribution in [0.4, 0.5) is 0 Å². The van der Waals surface area contributed by atoms with E-state index in [0.717, 1.165) is 32.7 Å². The highest BCUT2D eigenvalue weighted by molar-refractivity contribution is 7.08. The molecule has 0 radical (unpaired) electrons. The molecule has 0 aliphatic carbocycles. The molecule has 1 aromatic carbocycles. The average Bonchev–Trinajstić information content (AvgIpc) is 3.24. The first-order chi connectivity index (χ1) is 14.4. The molecular weight excluding hydrogens is 384 g/mol. The van der Waals surface area contributed by atoms with Crippen molar-refractivity contribution < 1.29 is 0 Å². The van der Waals surface area contributed by atoms with Crippen LogP contribution in [0.15, 0.2) is 59.3 Å². The van der Waals surface area contributed by atoms with Gasteiger partial charge in [0.05, 0.1) is 0 Å². The lowest BCUT2D eigenvalue weighted by Crippen LogP contribution is -2.33. The maximum absolute atomic E-state index is 3.24. The summed E-state index contributed by atoms with van der Waals surface area (Å²) in [6.07, 6.45) is 8.64. The molecule has 2 nitrogen and oxygen atoms in total. The molecule has 160 valence electrons. The molecule has 0 N–H and O–H groups in total. The molecule has 0 unspecified atom stereocenters. The number of hydrogen-bond donors (Lipinski definition) is 0. The largest absolute Gasteiger partial charge is 0.301 e. The van der Waals surface area contributed by atoms with Gasteiger partial charge in [-0.3, -0.25) is 4.90 Å². The van der Waals surface area contributed by atoms with E-state index in [1.807, 2.05) is 6.08 Å². The van der Waals surface area contributed by atoms with E-state index in [1.165, 1.54) is 16.7 Å². The van der Waals surface area contributed by atoms with E-state index in [9.17, 15) is 0 Å². The Hall–Kier alpha value is -2.12. The van der Waals surface area contributed by atoms with Crippen molar-refractivity contribution in [1.82, 2.24) is 9.80 Å². The summed E-state index contributed by atoms with van der Waals surface area (Å²) in [5.41, 5.74) is 3.90. The molecular formula is C27H36N2S. The average molecular weight is 421 g/mol. The molecule has 3 heteroatoms. The van der Waals surface area contributed by atoms with Crippen LogP contribution in [0, 0.1) is 17.3 Å². The molecule has 2 aromatic rings. The van der Waals surface area contributed by atoms with E-state index in [1.54, 1.807) is 11.3 Å². The van der Waals surface area contributed by atoms with E-state index in [-0.39, 0.29) is 5.41 Å². The summed E-state index contributed by atoms with van der Waals surface area (Å²) in [7, 11) is 2.19. The van der Waals surface area contributed by atoms with Crippen molar-refractivity contribution in [3.05, 3.63) is 64.9 Å². The van der Waals surface area contributed by atoms with Gasteiger partial charge in [0.2, 0.25) is 0 Å². The summed E-state index contributed by atoms with van der Waals surface area (Å²) >= 11 is 1.74. The first-order valence-electron chi connectivity index (χ1n) is 10.7. The van der Waals surface area contributed by atoms with E-state index in [2.05, 4.69) is 116 Å².